The van der Waals surface area contributed by atoms with Gasteiger partial charge in [0, 0.05) is 36.8 Å². The first kappa shape index (κ1) is 16.3. The molecule has 3 nitrogen and oxygen atoms in total. The minimum atomic E-state index is 0.303. The van der Waals surface area contributed by atoms with Crippen molar-refractivity contribution >= 4 is 11.6 Å². The molecule has 0 spiro atoms. The number of nitrogens with zero attached hydrogens (tertiary/aromatic N) is 1. The van der Waals surface area contributed by atoms with Crippen molar-refractivity contribution in [3.05, 3.63) is 28.8 Å². The van der Waals surface area contributed by atoms with E-state index < -0.39 is 0 Å². The topological polar surface area (TPSA) is 32.7 Å². The quantitative estimate of drug-likeness (QED) is 0.791. The molecule has 0 aliphatic carbocycles. The van der Waals surface area contributed by atoms with E-state index in [9.17, 15) is 5.11 Å². The highest BCUT2D eigenvalue weighted by atomic mass is 35.5. The third-order valence-electron chi connectivity index (χ3n) is 3.46. The summed E-state index contributed by atoms with van der Waals surface area (Å²) in [5, 5.41) is 10.6. The Balaban J connectivity index is 2.83. The van der Waals surface area contributed by atoms with Crippen molar-refractivity contribution < 1.29 is 9.84 Å². The summed E-state index contributed by atoms with van der Waals surface area (Å²) >= 11 is 6.00. The first-order chi connectivity index (χ1) is 9.12. The Labute approximate surface area is 121 Å². The lowest BCUT2D eigenvalue weighted by molar-refractivity contribution is 0.109. The number of rotatable bonds is 8. The van der Waals surface area contributed by atoms with Gasteiger partial charge in [-0.3, -0.25) is 4.90 Å². The molecule has 108 valence electrons. The molecule has 0 aliphatic heterocycles. The number of ether oxygens (including phenoxy) is 1. The molecule has 0 unspecified atom stereocenters. The molecule has 19 heavy (non-hydrogen) atoms. The third-order valence-corrected chi connectivity index (χ3v) is 3.69. The molecule has 0 aromatic heterocycles. The van der Waals surface area contributed by atoms with Crippen molar-refractivity contribution in [3.63, 3.8) is 0 Å². The molecule has 4 heteroatoms. The Morgan fingerprint density at radius 1 is 1.32 bits per heavy atom. The predicted octanol–water partition coefficient (Wildman–Crippen LogP) is 3.68. The van der Waals surface area contributed by atoms with Crippen LogP contribution >= 0.6 is 11.6 Å². The molecule has 1 aromatic carbocycles. The lowest BCUT2D eigenvalue weighted by atomic mass is 10.1. The maximum absolute atomic E-state index is 9.92. The molecule has 0 saturated heterocycles. The van der Waals surface area contributed by atoms with Crippen molar-refractivity contribution in [3.8, 4) is 5.75 Å². The van der Waals surface area contributed by atoms with Gasteiger partial charge in [-0.05, 0) is 31.0 Å². The first-order valence-corrected chi connectivity index (χ1v) is 7.20. The van der Waals surface area contributed by atoms with Crippen molar-refractivity contribution in [1.29, 1.82) is 0 Å². The van der Waals surface area contributed by atoms with Gasteiger partial charge in [0.25, 0.3) is 0 Å². The minimum absolute atomic E-state index is 0.303. The summed E-state index contributed by atoms with van der Waals surface area (Å²) < 4.78 is 5.17. The molecule has 0 radical (unpaired) electrons. The zero-order chi connectivity index (χ0) is 14.3. The monoisotopic (exact) mass is 285 g/mol. The Hall–Kier alpha value is -0.770. The molecule has 0 bridgehead atoms. The number of methoxy groups -OCH3 is 1. The van der Waals surface area contributed by atoms with Crippen LogP contribution in [0.1, 0.15) is 32.3 Å². The van der Waals surface area contributed by atoms with E-state index in [1.54, 1.807) is 19.2 Å². The summed E-state index contributed by atoms with van der Waals surface area (Å²) in [7, 11) is 1.71. The molecule has 1 aromatic rings. The largest absolute Gasteiger partial charge is 0.508 e. The van der Waals surface area contributed by atoms with Crippen LogP contribution in [-0.4, -0.2) is 36.3 Å². The minimum Gasteiger partial charge on any atom is -0.508 e. The van der Waals surface area contributed by atoms with Crippen LogP contribution in [0.25, 0.3) is 0 Å². The highest BCUT2D eigenvalue weighted by molar-refractivity contribution is 6.30. The number of phenolic OH excluding ortho intramolecular Hbond substituents is 1. The Kier molecular flexibility index (Phi) is 7.21. The summed E-state index contributed by atoms with van der Waals surface area (Å²) in [5.41, 5.74) is 0.871. The maximum Gasteiger partial charge on any atom is 0.120 e. The molecule has 1 N–H and O–H groups in total. The Bertz CT molecular complexity index is 380. The van der Waals surface area contributed by atoms with Gasteiger partial charge in [-0.25, -0.2) is 0 Å². The molecular formula is C15H24ClNO2. The van der Waals surface area contributed by atoms with Gasteiger partial charge in [0.05, 0.1) is 6.61 Å². The van der Waals surface area contributed by atoms with E-state index in [0.717, 1.165) is 24.9 Å². The summed E-state index contributed by atoms with van der Waals surface area (Å²) in [6, 6.07) is 5.68. The number of halogens is 1. The molecule has 0 heterocycles. The normalized spacial score (nSPS) is 11.5. The van der Waals surface area contributed by atoms with Crippen LogP contribution < -0.4 is 0 Å². The van der Waals surface area contributed by atoms with Crippen molar-refractivity contribution in [2.45, 2.75) is 39.3 Å². The fourth-order valence-corrected chi connectivity index (χ4v) is 2.50. The Morgan fingerprint density at radius 3 is 2.58 bits per heavy atom. The van der Waals surface area contributed by atoms with Gasteiger partial charge >= 0.3 is 0 Å². The molecule has 0 amide bonds. The number of hydrogen-bond acceptors (Lipinski definition) is 3. The van der Waals surface area contributed by atoms with Crippen LogP contribution in [0, 0.1) is 0 Å². The Morgan fingerprint density at radius 2 is 2.00 bits per heavy atom. The smallest absolute Gasteiger partial charge is 0.120 e. The van der Waals surface area contributed by atoms with E-state index in [1.165, 1.54) is 0 Å². The molecule has 0 saturated carbocycles. The van der Waals surface area contributed by atoms with Crippen LogP contribution in [0.2, 0.25) is 5.02 Å². The van der Waals surface area contributed by atoms with Gasteiger partial charge in [-0.2, -0.15) is 0 Å². The lowest BCUT2D eigenvalue weighted by Gasteiger charge is -2.30. The lowest BCUT2D eigenvalue weighted by Crippen LogP contribution is -2.36. The zero-order valence-corrected chi connectivity index (χ0v) is 12.8. The highest BCUT2D eigenvalue weighted by Gasteiger charge is 2.16. The van der Waals surface area contributed by atoms with Gasteiger partial charge in [0.1, 0.15) is 5.75 Å². The number of hydrogen-bond donors (Lipinski definition) is 1. The molecule has 0 aliphatic rings. The summed E-state index contributed by atoms with van der Waals surface area (Å²) in [4.78, 5) is 2.34. The highest BCUT2D eigenvalue weighted by Crippen LogP contribution is 2.24. The van der Waals surface area contributed by atoms with Gasteiger partial charge in [-0.15, -0.1) is 0 Å². The molecular weight excluding hydrogens is 262 g/mol. The average Bonchev–Trinajstić information content (AvgIpc) is 2.41. The van der Waals surface area contributed by atoms with E-state index in [4.69, 9.17) is 16.3 Å². The fraction of sp³-hybridized carbons (Fsp3) is 0.600. The second-order valence-corrected chi connectivity index (χ2v) is 5.14. The van der Waals surface area contributed by atoms with E-state index >= 15 is 0 Å². The SMILES string of the molecule is CCC(CC)N(CCOC)Cc1cc(Cl)ccc1O. The van der Waals surface area contributed by atoms with Gasteiger partial charge in [0.15, 0.2) is 0 Å². The standard InChI is InChI=1S/C15H24ClNO2/c1-4-14(5-2)17(8-9-19-3)11-12-10-13(16)6-7-15(12)18/h6-7,10,14,18H,4-5,8-9,11H2,1-3H3. The summed E-state index contributed by atoms with van der Waals surface area (Å²) in [5.74, 6) is 0.303. The molecule has 0 atom stereocenters. The van der Waals surface area contributed by atoms with E-state index in [-0.39, 0.29) is 0 Å². The van der Waals surface area contributed by atoms with Crippen molar-refractivity contribution in [2.75, 3.05) is 20.3 Å². The summed E-state index contributed by atoms with van der Waals surface area (Å²) in [6.07, 6.45) is 2.17. The zero-order valence-electron chi connectivity index (χ0n) is 12.0. The second-order valence-electron chi connectivity index (χ2n) is 4.71. The van der Waals surface area contributed by atoms with Crippen LogP contribution in [0.15, 0.2) is 18.2 Å². The summed E-state index contributed by atoms with van der Waals surface area (Å²) in [6.45, 7) is 6.62. The molecule has 1 rings (SSSR count). The van der Waals surface area contributed by atoms with Crippen LogP contribution in [-0.2, 0) is 11.3 Å². The maximum atomic E-state index is 9.92. The van der Waals surface area contributed by atoms with Crippen LogP contribution in [0.5, 0.6) is 5.75 Å². The number of benzene rings is 1. The first-order valence-electron chi connectivity index (χ1n) is 6.82. The fourth-order valence-electron chi connectivity index (χ4n) is 2.30. The number of aromatic hydroxyl groups is 1. The van der Waals surface area contributed by atoms with Crippen LogP contribution in [0.4, 0.5) is 0 Å². The second kappa shape index (κ2) is 8.41. The average molecular weight is 286 g/mol. The van der Waals surface area contributed by atoms with Crippen LogP contribution in [0.3, 0.4) is 0 Å². The van der Waals surface area contributed by atoms with Crippen molar-refractivity contribution in [2.24, 2.45) is 0 Å². The number of phenols is 1. The van der Waals surface area contributed by atoms with Gasteiger partial charge in [0.2, 0.25) is 0 Å². The van der Waals surface area contributed by atoms with E-state index in [0.29, 0.717) is 30.0 Å². The van der Waals surface area contributed by atoms with E-state index in [2.05, 4.69) is 18.7 Å². The third kappa shape index (κ3) is 5.01. The van der Waals surface area contributed by atoms with Gasteiger partial charge < -0.3 is 9.84 Å². The predicted molar refractivity (Wildman–Crippen MR) is 79.8 cm³/mol. The van der Waals surface area contributed by atoms with Gasteiger partial charge in [-0.1, -0.05) is 25.4 Å². The van der Waals surface area contributed by atoms with E-state index in [1.807, 2.05) is 6.07 Å². The molecule has 0 fully saturated rings. The van der Waals surface area contributed by atoms with Crippen molar-refractivity contribution in [1.82, 2.24) is 4.90 Å².